The van der Waals surface area contributed by atoms with Crippen LogP contribution in [0.1, 0.15) is 46.4 Å². The number of aliphatic carboxylic acids is 1. The highest BCUT2D eigenvalue weighted by atomic mass is 16.5. The van der Waals surface area contributed by atoms with Crippen LogP contribution in [0.15, 0.2) is 72.8 Å². The van der Waals surface area contributed by atoms with Crippen molar-refractivity contribution in [2.75, 3.05) is 6.61 Å². The molecule has 1 aromatic heterocycles. The molecule has 6 heteroatoms. The number of aromatic nitrogens is 1. The third-order valence-corrected chi connectivity index (χ3v) is 6.09. The molecule has 0 radical (unpaired) electrons. The Morgan fingerprint density at radius 2 is 1.74 bits per heavy atom. The van der Waals surface area contributed by atoms with Crippen LogP contribution >= 0.6 is 0 Å². The lowest BCUT2D eigenvalue weighted by Crippen LogP contribution is -2.13. The molecule has 0 saturated heterocycles. The van der Waals surface area contributed by atoms with Crippen LogP contribution in [0.3, 0.4) is 0 Å². The summed E-state index contributed by atoms with van der Waals surface area (Å²) in [7, 11) is 0. The van der Waals surface area contributed by atoms with E-state index in [1.807, 2.05) is 38.1 Å². The molecule has 4 rings (SSSR count). The Hall–Kier alpha value is -4.06. The summed E-state index contributed by atoms with van der Waals surface area (Å²) in [4.78, 5) is 24.5. The zero-order valence-corrected chi connectivity index (χ0v) is 19.2. The number of para-hydroxylation sites is 1. The van der Waals surface area contributed by atoms with Crippen LogP contribution in [0.4, 0.5) is 0 Å². The second kappa shape index (κ2) is 9.83. The maximum Gasteiger partial charge on any atom is 0.307 e. The first kappa shape index (κ1) is 23.1. The van der Waals surface area contributed by atoms with Gasteiger partial charge in [-0.2, -0.15) is 0 Å². The van der Waals surface area contributed by atoms with Gasteiger partial charge in [0.1, 0.15) is 11.5 Å². The van der Waals surface area contributed by atoms with Gasteiger partial charge >= 0.3 is 5.97 Å². The number of carboxylic acids is 1. The van der Waals surface area contributed by atoms with Gasteiger partial charge in [0.05, 0.1) is 18.5 Å². The molecule has 0 aliphatic rings. The first-order chi connectivity index (χ1) is 16.4. The molecule has 174 valence electrons. The van der Waals surface area contributed by atoms with E-state index >= 15 is 0 Å². The van der Waals surface area contributed by atoms with E-state index in [4.69, 9.17) is 4.74 Å². The van der Waals surface area contributed by atoms with Gasteiger partial charge in [0, 0.05) is 28.1 Å². The summed E-state index contributed by atoms with van der Waals surface area (Å²) in [6, 6.07) is 21.5. The minimum absolute atomic E-state index is 0.0522. The largest absolute Gasteiger partial charge is 0.508 e. The number of aryl methyl sites for hydroxylation is 1. The molecule has 34 heavy (non-hydrogen) atoms. The number of carbonyl (C=O) groups excluding carboxylic acids is 1. The topological polar surface area (TPSA) is 88.8 Å². The minimum atomic E-state index is -0.910. The molecule has 1 heterocycles. The highest BCUT2D eigenvalue weighted by Gasteiger charge is 2.18. The first-order valence-electron chi connectivity index (χ1n) is 11.3. The number of carboxylic acid groups (broad SMARTS) is 1. The van der Waals surface area contributed by atoms with Crippen molar-refractivity contribution in [3.8, 4) is 11.5 Å². The molecule has 0 aliphatic heterocycles. The molecule has 0 fully saturated rings. The molecular formula is C28H27NO5. The Morgan fingerprint density at radius 1 is 1.00 bits per heavy atom. The van der Waals surface area contributed by atoms with Gasteiger partial charge in [0.2, 0.25) is 0 Å². The van der Waals surface area contributed by atoms with Gasteiger partial charge in [-0.3, -0.25) is 14.2 Å². The van der Waals surface area contributed by atoms with Crippen molar-refractivity contribution in [1.29, 1.82) is 0 Å². The lowest BCUT2D eigenvalue weighted by molar-refractivity contribution is -0.136. The standard InChI is InChI=1S/C28H27NO5/c1-3-19(23-8-4-5-10-26(23)30)17-34-22-13-11-20(12-14-22)28(33)29-18(2)15-24-21(16-27(31)32)7-6-9-25(24)29/h4-15,19,30H,3,16-17H2,1-2H3,(H,31,32). The number of hydrogen-bond donors (Lipinski definition) is 2. The number of aromatic hydroxyl groups is 1. The molecule has 0 spiro atoms. The molecule has 2 N–H and O–H groups in total. The monoisotopic (exact) mass is 457 g/mol. The molecule has 0 saturated carbocycles. The van der Waals surface area contributed by atoms with E-state index in [1.165, 1.54) is 0 Å². The van der Waals surface area contributed by atoms with Gasteiger partial charge in [-0.15, -0.1) is 0 Å². The molecule has 0 bridgehead atoms. The predicted molar refractivity (Wildman–Crippen MR) is 131 cm³/mol. The first-order valence-corrected chi connectivity index (χ1v) is 11.3. The zero-order valence-electron chi connectivity index (χ0n) is 19.2. The number of nitrogens with zero attached hydrogens (tertiary/aromatic N) is 1. The van der Waals surface area contributed by atoms with Crippen molar-refractivity contribution in [3.63, 3.8) is 0 Å². The zero-order chi connectivity index (χ0) is 24.2. The predicted octanol–water partition coefficient (Wildman–Crippen LogP) is 5.54. The Bertz CT molecular complexity index is 1340. The molecule has 1 atom stereocenters. The van der Waals surface area contributed by atoms with Crippen molar-refractivity contribution in [2.24, 2.45) is 0 Å². The van der Waals surface area contributed by atoms with Crippen molar-refractivity contribution in [2.45, 2.75) is 32.6 Å². The van der Waals surface area contributed by atoms with Gasteiger partial charge in [-0.05, 0) is 61.4 Å². The highest BCUT2D eigenvalue weighted by Crippen LogP contribution is 2.29. The minimum Gasteiger partial charge on any atom is -0.508 e. The summed E-state index contributed by atoms with van der Waals surface area (Å²) in [5, 5.41) is 20.1. The Labute approximate surface area is 198 Å². The molecule has 0 amide bonds. The maximum absolute atomic E-state index is 13.3. The summed E-state index contributed by atoms with van der Waals surface area (Å²) in [5.74, 6) is -0.140. The van der Waals surface area contributed by atoms with Crippen molar-refractivity contribution in [3.05, 3.63) is 95.2 Å². The smallest absolute Gasteiger partial charge is 0.307 e. The molecule has 4 aromatic rings. The SMILES string of the molecule is CCC(COc1ccc(C(=O)n2c(C)cc3c(CC(=O)O)cccc32)cc1)c1ccccc1O. The van der Waals surface area contributed by atoms with Crippen molar-refractivity contribution in [1.82, 2.24) is 4.57 Å². The number of phenolic OH excluding ortho intramolecular Hbond substituents is 1. The van der Waals surface area contributed by atoms with E-state index in [-0.39, 0.29) is 24.0 Å². The normalized spacial score (nSPS) is 11.9. The third-order valence-electron chi connectivity index (χ3n) is 6.09. The number of rotatable bonds is 8. The Morgan fingerprint density at radius 3 is 2.41 bits per heavy atom. The van der Waals surface area contributed by atoms with Crippen LogP contribution in [-0.4, -0.2) is 33.3 Å². The number of benzene rings is 3. The Kier molecular flexibility index (Phi) is 6.68. The third kappa shape index (κ3) is 4.66. The number of fused-ring (bicyclic) bond motifs is 1. The van der Waals surface area contributed by atoms with E-state index in [1.54, 1.807) is 53.1 Å². The van der Waals surface area contributed by atoms with Gasteiger partial charge in [0.25, 0.3) is 5.91 Å². The summed E-state index contributed by atoms with van der Waals surface area (Å²) in [5.41, 5.74) is 3.47. The molecular weight excluding hydrogens is 430 g/mol. The molecule has 1 unspecified atom stereocenters. The van der Waals surface area contributed by atoms with Crippen molar-refractivity contribution >= 4 is 22.8 Å². The van der Waals surface area contributed by atoms with Crippen LogP contribution in [0.2, 0.25) is 0 Å². The van der Waals surface area contributed by atoms with E-state index in [0.717, 1.165) is 23.1 Å². The van der Waals surface area contributed by atoms with Crippen LogP contribution in [0.5, 0.6) is 11.5 Å². The Balaban J connectivity index is 1.53. The second-order valence-corrected chi connectivity index (χ2v) is 8.35. The fraction of sp³-hybridized carbons (Fsp3) is 0.214. The van der Waals surface area contributed by atoms with Crippen LogP contribution in [0, 0.1) is 6.92 Å². The maximum atomic E-state index is 13.3. The van der Waals surface area contributed by atoms with E-state index in [0.29, 0.717) is 29.0 Å². The van der Waals surface area contributed by atoms with E-state index < -0.39 is 5.97 Å². The number of carbonyl (C=O) groups is 2. The lowest BCUT2D eigenvalue weighted by Gasteiger charge is -2.17. The highest BCUT2D eigenvalue weighted by molar-refractivity contribution is 6.04. The molecule has 0 aliphatic carbocycles. The van der Waals surface area contributed by atoms with E-state index in [2.05, 4.69) is 0 Å². The van der Waals surface area contributed by atoms with Gasteiger partial charge in [-0.25, -0.2) is 0 Å². The fourth-order valence-corrected chi connectivity index (χ4v) is 4.29. The molecule has 3 aromatic carbocycles. The fourth-order valence-electron chi connectivity index (χ4n) is 4.29. The summed E-state index contributed by atoms with van der Waals surface area (Å²) < 4.78 is 7.57. The number of ether oxygens (including phenoxy) is 1. The van der Waals surface area contributed by atoms with Crippen LogP contribution in [-0.2, 0) is 11.2 Å². The quantitative estimate of drug-likeness (QED) is 0.362. The number of phenols is 1. The van der Waals surface area contributed by atoms with Gasteiger partial charge < -0.3 is 14.9 Å². The van der Waals surface area contributed by atoms with Crippen LogP contribution in [0.25, 0.3) is 10.9 Å². The summed E-state index contributed by atoms with van der Waals surface area (Å²) >= 11 is 0. The lowest BCUT2D eigenvalue weighted by atomic mass is 9.96. The number of hydrogen-bond acceptors (Lipinski definition) is 4. The average molecular weight is 458 g/mol. The summed E-state index contributed by atoms with van der Waals surface area (Å²) in [6.45, 7) is 4.30. The second-order valence-electron chi connectivity index (χ2n) is 8.35. The van der Waals surface area contributed by atoms with Crippen LogP contribution < -0.4 is 4.74 Å². The van der Waals surface area contributed by atoms with E-state index in [9.17, 15) is 19.8 Å². The van der Waals surface area contributed by atoms with Gasteiger partial charge in [0.15, 0.2) is 0 Å². The van der Waals surface area contributed by atoms with Crippen molar-refractivity contribution < 1.29 is 24.5 Å². The average Bonchev–Trinajstić information content (AvgIpc) is 3.17. The summed E-state index contributed by atoms with van der Waals surface area (Å²) in [6.07, 6.45) is 0.721. The van der Waals surface area contributed by atoms with Gasteiger partial charge in [-0.1, -0.05) is 37.3 Å². The molecule has 6 nitrogen and oxygen atoms in total.